The molecule has 0 radical (unpaired) electrons. The molecule has 0 fully saturated rings. The molecule has 1 aliphatic heterocycles. The summed E-state index contributed by atoms with van der Waals surface area (Å²) in [5.41, 5.74) is 2.59. The van der Waals surface area contributed by atoms with E-state index in [-0.39, 0.29) is 11.8 Å². The van der Waals surface area contributed by atoms with E-state index in [1.54, 1.807) is 17.0 Å². The highest BCUT2D eigenvalue weighted by Gasteiger charge is 2.31. The molecule has 1 aromatic heterocycles. The Labute approximate surface area is 163 Å². The van der Waals surface area contributed by atoms with Gasteiger partial charge in [0.05, 0.1) is 24.7 Å². The first-order chi connectivity index (χ1) is 13.0. The van der Waals surface area contributed by atoms with Crippen molar-refractivity contribution in [2.45, 2.75) is 12.5 Å². The molecule has 0 spiro atoms. The van der Waals surface area contributed by atoms with Crippen LogP contribution in [0.25, 0.3) is 4.85 Å². The highest BCUT2D eigenvalue weighted by molar-refractivity contribution is 7.16. The van der Waals surface area contributed by atoms with Gasteiger partial charge in [-0.05, 0) is 37.4 Å². The maximum Gasteiger partial charge on any atom is 0.246 e. The van der Waals surface area contributed by atoms with Crippen molar-refractivity contribution in [1.29, 1.82) is 5.26 Å². The molecule has 0 N–H and O–H groups in total. The first kappa shape index (κ1) is 18.8. The van der Waals surface area contributed by atoms with Crippen LogP contribution in [-0.4, -0.2) is 42.9 Å². The minimum atomic E-state index is -0.0949. The zero-order valence-electron chi connectivity index (χ0n) is 15.3. The van der Waals surface area contributed by atoms with Crippen molar-refractivity contribution in [3.63, 3.8) is 0 Å². The number of nitriles is 1. The third-order valence-electron chi connectivity index (χ3n) is 4.55. The van der Waals surface area contributed by atoms with Gasteiger partial charge in [0.25, 0.3) is 0 Å². The molecule has 2 aromatic rings. The average Bonchev–Trinajstić information content (AvgIpc) is 3.10. The van der Waals surface area contributed by atoms with Gasteiger partial charge < -0.3 is 9.80 Å². The summed E-state index contributed by atoms with van der Waals surface area (Å²) in [5, 5.41) is 10.1. The number of amides is 1. The van der Waals surface area contributed by atoms with Gasteiger partial charge in [-0.3, -0.25) is 4.79 Å². The number of hydrogen-bond donors (Lipinski definition) is 0. The molecule has 27 heavy (non-hydrogen) atoms. The number of carbonyl (C=O) groups is 1. The van der Waals surface area contributed by atoms with Crippen molar-refractivity contribution >= 4 is 22.2 Å². The zero-order valence-corrected chi connectivity index (χ0v) is 16.2. The lowest BCUT2D eigenvalue weighted by molar-refractivity contribution is -0.127. The number of benzene rings is 1. The van der Waals surface area contributed by atoms with Crippen molar-refractivity contribution in [2.75, 3.05) is 27.2 Å². The summed E-state index contributed by atoms with van der Waals surface area (Å²) in [6.45, 7) is 9.04. The second-order valence-electron chi connectivity index (χ2n) is 6.71. The topological polar surface area (TPSA) is 51.7 Å². The van der Waals surface area contributed by atoms with Gasteiger partial charge >= 0.3 is 0 Å². The predicted octanol–water partition coefficient (Wildman–Crippen LogP) is 3.76. The summed E-state index contributed by atoms with van der Waals surface area (Å²) in [6, 6.07) is 11.7. The average molecular weight is 376 g/mol. The van der Waals surface area contributed by atoms with E-state index < -0.39 is 0 Å². The maximum absolute atomic E-state index is 12.7. The van der Waals surface area contributed by atoms with Crippen molar-refractivity contribution in [1.82, 2.24) is 9.80 Å². The summed E-state index contributed by atoms with van der Waals surface area (Å²) < 4.78 is 0. The van der Waals surface area contributed by atoms with Crippen molar-refractivity contribution < 1.29 is 4.79 Å². The quantitative estimate of drug-likeness (QED) is 0.603. The minimum Gasteiger partial charge on any atom is -0.333 e. The SMILES string of the molecule is [C-]#[N+]c1cc2c(s1)CN(C(=O)/C=C/CN(C)C)C[C@H]2c1ccccc1C#N. The Morgan fingerprint density at radius 2 is 2.22 bits per heavy atom. The van der Waals surface area contributed by atoms with E-state index in [2.05, 4.69) is 10.9 Å². The lowest BCUT2D eigenvalue weighted by atomic mass is 9.86. The van der Waals surface area contributed by atoms with Gasteiger partial charge in [-0.2, -0.15) is 16.6 Å². The second kappa shape index (κ2) is 8.18. The van der Waals surface area contributed by atoms with Crippen molar-refractivity contribution in [3.05, 3.63) is 75.5 Å². The lowest BCUT2D eigenvalue weighted by Crippen LogP contribution is -2.37. The van der Waals surface area contributed by atoms with Gasteiger partial charge in [-0.1, -0.05) is 24.3 Å². The van der Waals surface area contributed by atoms with Gasteiger partial charge in [0.15, 0.2) is 0 Å². The van der Waals surface area contributed by atoms with Crippen LogP contribution in [0.15, 0.2) is 42.5 Å². The Morgan fingerprint density at radius 3 is 2.93 bits per heavy atom. The van der Waals surface area contributed by atoms with Gasteiger partial charge in [-0.15, -0.1) is 0 Å². The largest absolute Gasteiger partial charge is 0.333 e. The molecular formula is C21H20N4OS. The summed E-state index contributed by atoms with van der Waals surface area (Å²) in [5.74, 6) is -0.137. The number of nitrogens with zero attached hydrogens (tertiary/aromatic N) is 4. The van der Waals surface area contributed by atoms with Crippen LogP contribution in [0.3, 0.4) is 0 Å². The maximum atomic E-state index is 12.7. The fourth-order valence-electron chi connectivity index (χ4n) is 3.26. The number of rotatable bonds is 4. The Kier molecular flexibility index (Phi) is 5.71. The summed E-state index contributed by atoms with van der Waals surface area (Å²) in [7, 11) is 3.91. The fourth-order valence-corrected chi connectivity index (χ4v) is 4.29. The lowest BCUT2D eigenvalue weighted by Gasteiger charge is -2.33. The number of likely N-dealkylation sites (N-methyl/N-ethyl adjacent to an activating group) is 1. The van der Waals surface area contributed by atoms with E-state index in [0.717, 1.165) is 16.0 Å². The number of thiophene rings is 1. The van der Waals surface area contributed by atoms with Crippen LogP contribution in [0.5, 0.6) is 0 Å². The normalized spacial score (nSPS) is 16.2. The fraction of sp³-hybridized carbons (Fsp3) is 0.286. The number of fused-ring (bicyclic) bond motifs is 1. The second-order valence-corrected chi connectivity index (χ2v) is 7.83. The third-order valence-corrected chi connectivity index (χ3v) is 5.58. The molecule has 6 heteroatoms. The smallest absolute Gasteiger partial charge is 0.246 e. The van der Waals surface area contributed by atoms with Crippen LogP contribution in [0.2, 0.25) is 0 Å². The molecule has 1 aliphatic rings. The summed E-state index contributed by atoms with van der Waals surface area (Å²) in [6.07, 6.45) is 3.47. The van der Waals surface area contributed by atoms with E-state index in [0.29, 0.717) is 30.2 Å². The summed E-state index contributed by atoms with van der Waals surface area (Å²) >= 11 is 1.43. The van der Waals surface area contributed by atoms with E-state index >= 15 is 0 Å². The van der Waals surface area contributed by atoms with Crippen LogP contribution in [-0.2, 0) is 11.3 Å². The van der Waals surface area contributed by atoms with Crippen LogP contribution in [0.4, 0.5) is 5.00 Å². The predicted molar refractivity (Wildman–Crippen MR) is 107 cm³/mol. The molecule has 5 nitrogen and oxygen atoms in total. The van der Waals surface area contributed by atoms with Crippen molar-refractivity contribution in [2.24, 2.45) is 0 Å². The molecule has 2 heterocycles. The number of carbonyl (C=O) groups excluding carboxylic acids is 1. The van der Waals surface area contributed by atoms with E-state index in [1.807, 2.05) is 49.3 Å². The molecule has 0 saturated carbocycles. The first-order valence-corrected chi connectivity index (χ1v) is 9.44. The van der Waals surface area contributed by atoms with Crippen LogP contribution < -0.4 is 0 Å². The molecule has 136 valence electrons. The van der Waals surface area contributed by atoms with E-state index in [9.17, 15) is 10.1 Å². The molecular weight excluding hydrogens is 356 g/mol. The highest BCUT2D eigenvalue weighted by atomic mass is 32.1. The monoisotopic (exact) mass is 376 g/mol. The highest BCUT2D eigenvalue weighted by Crippen LogP contribution is 2.42. The molecule has 0 unspecified atom stereocenters. The van der Waals surface area contributed by atoms with Gasteiger partial charge in [0.1, 0.15) is 0 Å². The van der Waals surface area contributed by atoms with Crippen LogP contribution >= 0.6 is 11.3 Å². The van der Waals surface area contributed by atoms with Gasteiger partial charge in [0.2, 0.25) is 10.9 Å². The molecule has 1 aromatic carbocycles. The van der Waals surface area contributed by atoms with E-state index in [4.69, 9.17) is 6.57 Å². The van der Waals surface area contributed by atoms with Gasteiger partial charge in [-0.25, -0.2) is 4.85 Å². The molecule has 0 aliphatic carbocycles. The van der Waals surface area contributed by atoms with Crippen molar-refractivity contribution in [3.8, 4) is 6.07 Å². The Bertz CT molecular complexity index is 961. The first-order valence-electron chi connectivity index (χ1n) is 8.62. The zero-order chi connectivity index (χ0) is 19.4. The Hall–Kier alpha value is -2.93. The minimum absolute atomic E-state index is 0.0419. The third kappa shape index (κ3) is 4.09. The molecule has 1 amide bonds. The van der Waals surface area contributed by atoms with Crippen LogP contribution in [0, 0.1) is 17.9 Å². The standard InChI is InChI=1S/C21H20N4OS/c1-23-20-11-17-18(16-8-5-4-7-15(16)12-22)13-25(14-19(17)27-20)21(26)9-6-10-24(2)3/h4-9,11,18H,10,13-14H2,2-3H3/b9-6+/t18-/m0/s1. The molecule has 3 rings (SSSR count). The Morgan fingerprint density at radius 1 is 1.44 bits per heavy atom. The molecule has 1 atom stereocenters. The van der Waals surface area contributed by atoms with E-state index in [1.165, 1.54) is 11.3 Å². The summed E-state index contributed by atoms with van der Waals surface area (Å²) in [4.78, 5) is 21.1. The molecule has 0 saturated heterocycles. The van der Waals surface area contributed by atoms with Gasteiger partial charge in [0, 0.05) is 30.0 Å². The molecule has 0 bridgehead atoms. The number of hydrogen-bond acceptors (Lipinski definition) is 4. The van der Waals surface area contributed by atoms with Crippen LogP contribution in [0.1, 0.15) is 27.5 Å². The Balaban J connectivity index is 1.97.